The fourth-order valence-electron chi connectivity index (χ4n) is 3.63. The normalized spacial score (nSPS) is 18.6. The van der Waals surface area contributed by atoms with E-state index in [0.29, 0.717) is 9.69 Å². The van der Waals surface area contributed by atoms with Gasteiger partial charge in [-0.3, -0.25) is 4.79 Å². The molecule has 1 amide bonds. The number of aromatic nitrogens is 2. The van der Waals surface area contributed by atoms with Crippen LogP contribution in [0.2, 0.25) is 0 Å². The Balaban J connectivity index is 1.83. The van der Waals surface area contributed by atoms with E-state index < -0.39 is 46.7 Å². The van der Waals surface area contributed by atoms with Gasteiger partial charge in [0.15, 0.2) is 5.69 Å². The van der Waals surface area contributed by atoms with Crippen molar-refractivity contribution in [2.45, 2.75) is 31.9 Å². The van der Waals surface area contributed by atoms with Crippen molar-refractivity contribution in [3.63, 3.8) is 0 Å². The summed E-state index contributed by atoms with van der Waals surface area (Å²) in [7, 11) is 0. The van der Waals surface area contributed by atoms with Gasteiger partial charge in [0.2, 0.25) is 17.5 Å². The molecule has 0 aliphatic carbocycles. The van der Waals surface area contributed by atoms with Crippen molar-refractivity contribution < 1.29 is 35.9 Å². The molecule has 178 valence electrons. The van der Waals surface area contributed by atoms with Crippen molar-refractivity contribution in [2.24, 2.45) is 5.10 Å². The molecule has 6 nitrogen and oxygen atoms in total. The molecule has 0 fully saturated rings. The van der Waals surface area contributed by atoms with Gasteiger partial charge in [0.05, 0.1) is 23.0 Å². The maximum atomic E-state index is 14.1. The zero-order valence-electron chi connectivity index (χ0n) is 17.6. The number of rotatable bonds is 3. The zero-order chi connectivity index (χ0) is 24.9. The number of ether oxygens (including phenoxy) is 1. The van der Waals surface area contributed by atoms with Gasteiger partial charge >= 0.3 is 12.4 Å². The minimum atomic E-state index is -4.90. The highest BCUT2D eigenvalue weighted by Crippen LogP contribution is 2.41. The number of carbonyl (C=O) groups is 1. The van der Waals surface area contributed by atoms with E-state index in [0.717, 1.165) is 31.3 Å². The number of hydrazone groups is 1. The van der Waals surface area contributed by atoms with Gasteiger partial charge in [-0.2, -0.15) is 36.5 Å². The van der Waals surface area contributed by atoms with Crippen LogP contribution in [0.3, 0.4) is 0 Å². The van der Waals surface area contributed by atoms with Gasteiger partial charge < -0.3 is 4.74 Å². The standard InChI is InChI=1S/C22H16F6N4O2/c1-13(33)32-20(2,14-7-6-8-15(11-14)21(23,24)25)34-19(30-32)17-12-29-31(18(17)22(26,27)28)16-9-4-3-5-10-16/h3-12H,1-2H3/t20-/m0/s1. The molecule has 0 spiro atoms. The molecule has 0 unspecified atom stereocenters. The molecule has 2 aromatic carbocycles. The first-order valence-electron chi connectivity index (χ1n) is 9.79. The van der Waals surface area contributed by atoms with Crippen LogP contribution in [-0.4, -0.2) is 26.6 Å². The van der Waals surface area contributed by atoms with Crippen LogP contribution in [0.4, 0.5) is 26.3 Å². The van der Waals surface area contributed by atoms with E-state index in [9.17, 15) is 31.1 Å². The third-order valence-corrected chi connectivity index (χ3v) is 5.18. The summed E-state index contributed by atoms with van der Waals surface area (Å²) in [5.41, 5.74) is -4.74. The summed E-state index contributed by atoms with van der Waals surface area (Å²) in [6.07, 6.45) is -8.70. The molecular weight excluding hydrogens is 466 g/mol. The Morgan fingerprint density at radius 3 is 2.24 bits per heavy atom. The predicted molar refractivity (Wildman–Crippen MR) is 108 cm³/mol. The number of benzene rings is 2. The SMILES string of the molecule is CC(=O)N1N=C(c2cnn(-c3ccccc3)c2C(F)(F)F)O[C@@]1(C)c1cccc(C(F)(F)F)c1. The third kappa shape index (κ3) is 3.99. The number of hydrogen-bond acceptors (Lipinski definition) is 4. The minimum Gasteiger partial charge on any atom is -0.443 e. The summed E-state index contributed by atoms with van der Waals surface area (Å²) >= 11 is 0. The molecule has 0 saturated carbocycles. The average Bonchev–Trinajstić information content (AvgIpc) is 3.36. The number of amides is 1. The molecule has 1 aliphatic heterocycles. The first kappa shape index (κ1) is 23.3. The van der Waals surface area contributed by atoms with Gasteiger partial charge in [0.25, 0.3) is 0 Å². The lowest BCUT2D eigenvalue weighted by molar-refractivity contribution is -0.147. The molecule has 12 heteroatoms. The monoisotopic (exact) mass is 482 g/mol. The van der Waals surface area contributed by atoms with Gasteiger partial charge in [-0.05, 0) is 24.3 Å². The minimum absolute atomic E-state index is 0.115. The largest absolute Gasteiger partial charge is 0.443 e. The molecule has 0 N–H and O–H groups in total. The van der Waals surface area contributed by atoms with E-state index in [4.69, 9.17) is 4.74 Å². The number of para-hydroxylation sites is 1. The van der Waals surface area contributed by atoms with Gasteiger partial charge in [-0.25, -0.2) is 4.68 Å². The number of halogens is 6. The molecule has 0 radical (unpaired) electrons. The topological polar surface area (TPSA) is 59.7 Å². The second kappa shape index (κ2) is 7.89. The maximum Gasteiger partial charge on any atom is 0.434 e. The van der Waals surface area contributed by atoms with Crippen molar-refractivity contribution in [3.05, 3.63) is 83.2 Å². The number of hydrogen-bond donors (Lipinski definition) is 0. The second-order valence-electron chi connectivity index (χ2n) is 7.55. The molecule has 0 bridgehead atoms. The molecule has 0 saturated heterocycles. The highest BCUT2D eigenvalue weighted by atomic mass is 19.4. The van der Waals surface area contributed by atoms with Crippen molar-refractivity contribution in [1.29, 1.82) is 0 Å². The van der Waals surface area contributed by atoms with Crippen LogP contribution in [-0.2, 0) is 27.6 Å². The molecule has 1 atom stereocenters. The van der Waals surface area contributed by atoms with E-state index in [-0.39, 0.29) is 11.3 Å². The van der Waals surface area contributed by atoms with Crippen molar-refractivity contribution in [1.82, 2.24) is 14.8 Å². The van der Waals surface area contributed by atoms with Crippen LogP contribution in [0.1, 0.15) is 36.2 Å². The summed E-state index contributed by atoms with van der Waals surface area (Å²) in [4.78, 5) is 12.3. The fraction of sp³-hybridized carbons (Fsp3) is 0.227. The Morgan fingerprint density at radius 1 is 0.971 bits per heavy atom. The first-order valence-corrected chi connectivity index (χ1v) is 9.79. The summed E-state index contributed by atoms with van der Waals surface area (Å²) in [6.45, 7) is 2.31. The smallest absolute Gasteiger partial charge is 0.434 e. The van der Waals surface area contributed by atoms with E-state index in [2.05, 4.69) is 10.2 Å². The van der Waals surface area contributed by atoms with Crippen LogP contribution < -0.4 is 0 Å². The van der Waals surface area contributed by atoms with Crippen molar-refractivity contribution in [2.75, 3.05) is 0 Å². The molecule has 34 heavy (non-hydrogen) atoms. The zero-order valence-corrected chi connectivity index (χ0v) is 17.6. The van der Waals surface area contributed by atoms with Gasteiger partial charge in [0, 0.05) is 19.4 Å². The first-order chi connectivity index (χ1) is 15.8. The van der Waals surface area contributed by atoms with E-state index in [1.807, 2.05) is 0 Å². The van der Waals surface area contributed by atoms with Crippen LogP contribution in [0.15, 0.2) is 65.9 Å². The summed E-state index contributed by atoms with van der Waals surface area (Å²) < 4.78 is 88.2. The molecule has 4 rings (SSSR count). The Morgan fingerprint density at radius 2 is 1.65 bits per heavy atom. The quantitative estimate of drug-likeness (QED) is 0.475. The highest BCUT2D eigenvalue weighted by molar-refractivity contribution is 5.98. The van der Waals surface area contributed by atoms with Crippen LogP contribution >= 0.6 is 0 Å². The molecular formula is C22H16F6N4O2. The summed E-state index contributed by atoms with van der Waals surface area (Å²) in [5, 5.41) is 8.43. The fourth-order valence-corrected chi connectivity index (χ4v) is 3.63. The Labute approximate surface area is 189 Å². The predicted octanol–water partition coefficient (Wildman–Crippen LogP) is 5.32. The van der Waals surface area contributed by atoms with Crippen LogP contribution in [0.5, 0.6) is 0 Å². The Bertz CT molecular complexity index is 1270. The van der Waals surface area contributed by atoms with Crippen molar-refractivity contribution >= 4 is 11.8 Å². The maximum absolute atomic E-state index is 14.1. The van der Waals surface area contributed by atoms with Gasteiger partial charge in [-0.15, -0.1) is 5.10 Å². The van der Waals surface area contributed by atoms with Crippen molar-refractivity contribution in [3.8, 4) is 5.69 Å². The van der Waals surface area contributed by atoms with Crippen LogP contribution in [0.25, 0.3) is 5.69 Å². The molecule has 3 aromatic rings. The summed E-state index contributed by atoms with van der Waals surface area (Å²) in [6, 6.07) is 11.5. The number of nitrogens with zero attached hydrogens (tertiary/aromatic N) is 4. The van der Waals surface area contributed by atoms with Crippen LogP contribution in [0, 0.1) is 0 Å². The van der Waals surface area contributed by atoms with Gasteiger partial charge in [-0.1, -0.05) is 30.3 Å². The third-order valence-electron chi connectivity index (χ3n) is 5.18. The summed E-state index contributed by atoms with van der Waals surface area (Å²) in [5.74, 6) is -1.36. The Kier molecular flexibility index (Phi) is 5.41. The highest BCUT2D eigenvalue weighted by Gasteiger charge is 2.49. The molecule has 2 heterocycles. The lowest BCUT2D eigenvalue weighted by Gasteiger charge is -2.31. The van der Waals surface area contributed by atoms with Gasteiger partial charge in [0.1, 0.15) is 0 Å². The number of carbonyl (C=O) groups excluding carboxylic acids is 1. The lowest BCUT2D eigenvalue weighted by Crippen LogP contribution is -2.41. The Hall–Kier alpha value is -3.83. The van der Waals surface area contributed by atoms with E-state index >= 15 is 0 Å². The molecule has 1 aliphatic rings. The average molecular weight is 482 g/mol. The van der Waals surface area contributed by atoms with E-state index in [1.165, 1.54) is 37.3 Å². The molecule has 1 aromatic heterocycles. The second-order valence-corrected chi connectivity index (χ2v) is 7.55. The lowest BCUT2D eigenvalue weighted by atomic mass is 10.0. The van der Waals surface area contributed by atoms with E-state index in [1.54, 1.807) is 6.07 Å². The number of alkyl halides is 6.